The molecule has 1 saturated carbocycles. The summed E-state index contributed by atoms with van der Waals surface area (Å²) < 4.78 is 5.82. The Labute approximate surface area is 115 Å². The van der Waals surface area contributed by atoms with E-state index >= 15 is 0 Å². The number of thiocarbonyl (C=S) groups is 1. The molecule has 1 aliphatic carbocycles. The zero-order valence-electron chi connectivity index (χ0n) is 10.9. The van der Waals surface area contributed by atoms with Crippen LogP contribution in [0, 0.1) is 12.8 Å². The largest absolute Gasteiger partial charge is 0.389 e. The molecule has 0 saturated heterocycles. The standard InChI is InChI=1S/C15H21NOS/c1-11-8-13(15(16)18)6-7-14(11)10-17-9-12-4-2-3-5-12/h6-8,12H,2-5,9-10H2,1H3,(H2,16,18). The van der Waals surface area contributed by atoms with Gasteiger partial charge in [-0.25, -0.2) is 0 Å². The highest BCUT2D eigenvalue weighted by molar-refractivity contribution is 7.80. The summed E-state index contributed by atoms with van der Waals surface area (Å²) in [5.74, 6) is 0.779. The molecule has 3 heteroatoms. The topological polar surface area (TPSA) is 35.2 Å². The molecular formula is C15H21NOS. The Bertz CT molecular complexity index is 425. The van der Waals surface area contributed by atoms with E-state index in [1.165, 1.54) is 36.8 Å². The first kappa shape index (κ1) is 13.5. The quantitative estimate of drug-likeness (QED) is 0.828. The molecule has 0 aliphatic heterocycles. The lowest BCUT2D eigenvalue weighted by atomic mass is 10.1. The van der Waals surface area contributed by atoms with Crippen LogP contribution in [-0.2, 0) is 11.3 Å². The van der Waals surface area contributed by atoms with E-state index in [1.54, 1.807) is 0 Å². The minimum absolute atomic E-state index is 0.455. The number of benzene rings is 1. The Hall–Kier alpha value is -0.930. The minimum atomic E-state index is 0.455. The van der Waals surface area contributed by atoms with E-state index in [0.29, 0.717) is 11.6 Å². The fraction of sp³-hybridized carbons (Fsp3) is 0.533. The number of hydrogen-bond donors (Lipinski definition) is 1. The van der Waals surface area contributed by atoms with Crippen LogP contribution in [0.5, 0.6) is 0 Å². The Morgan fingerprint density at radius 3 is 2.72 bits per heavy atom. The highest BCUT2D eigenvalue weighted by Crippen LogP contribution is 2.25. The maximum atomic E-state index is 5.82. The zero-order chi connectivity index (χ0) is 13.0. The lowest BCUT2D eigenvalue weighted by molar-refractivity contribution is 0.0885. The number of aryl methyl sites for hydroxylation is 1. The fourth-order valence-electron chi connectivity index (χ4n) is 2.52. The zero-order valence-corrected chi connectivity index (χ0v) is 11.8. The number of rotatable bonds is 5. The van der Waals surface area contributed by atoms with Gasteiger partial charge in [0.1, 0.15) is 4.99 Å². The van der Waals surface area contributed by atoms with Crippen molar-refractivity contribution in [3.63, 3.8) is 0 Å². The minimum Gasteiger partial charge on any atom is -0.389 e. The van der Waals surface area contributed by atoms with Crippen LogP contribution in [0.25, 0.3) is 0 Å². The van der Waals surface area contributed by atoms with Crippen molar-refractivity contribution in [1.82, 2.24) is 0 Å². The molecule has 2 rings (SSSR count). The molecule has 0 aromatic heterocycles. The van der Waals surface area contributed by atoms with Crippen LogP contribution in [0.3, 0.4) is 0 Å². The summed E-state index contributed by atoms with van der Waals surface area (Å²) in [6.07, 6.45) is 5.41. The third kappa shape index (κ3) is 3.53. The SMILES string of the molecule is Cc1cc(C(N)=S)ccc1COCC1CCCC1. The van der Waals surface area contributed by atoms with Gasteiger partial charge >= 0.3 is 0 Å². The van der Waals surface area contributed by atoms with E-state index in [0.717, 1.165) is 18.1 Å². The van der Waals surface area contributed by atoms with Crippen molar-refractivity contribution < 1.29 is 4.74 Å². The lowest BCUT2D eigenvalue weighted by Crippen LogP contribution is -2.10. The molecule has 0 amide bonds. The van der Waals surface area contributed by atoms with Crippen LogP contribution in [0.1, 0.15) is 42.4 Å². The molecule has 1 aliphatic rings. The molecular weight excluding hydrogens is 242 g/mol. The van der Waals surface area contributed by atoms with Crippen molar-refractivity contribution in [2.45, 2.75) is 39.2 Å². The molecule has 0 bridgehead atoms. The van der Waals surface area contributed by atoms with E-state index in [2.05, 4.69) is 13.0 Å². The van der Waals surface area contributed by atoms with E-state index in [9.17, 15) is 0 Å². The summed E-state index contributed by atoms with van der Waals surface area (Å²) in [5.41, 5.74) is 8.98. The second-order valence-electron chi connectivity index (χ2n) is 5.17. The fourth-order valence-corrected chi connectivity index (χ4v) is 2.65. The van der Waals surface area contributed by atoms with Crippen LogP contribution in [0.15, 0.2) is 18.2 Å². The molecule has 0 spiro atoms. The number of hydrogen-bond acceptors (Lipinski definition) is 2. The first-order valence-corrected chi connectivity index (χ1v) is 7.04. The highest BCUT2D eigenvalue weighted by Gasteiger charge is 2.14. The van der Waals surface area contributed by atoms with Gasteiger partial charge in [-0.15, -0.1) is 0 Å². The van der Waals surface area contributed by atoms with Crippen LogP contribution in [0.2, 0.25) is 0 Å². The Kier molecular flexibility index (Phi) is 4.72. The molecule has 0 heterocycles. The average Bonchev–Trinajstić information content (AvgIpc) is 2.84. The van der Waals surface area contributed by atoms with Crippen molar-refractivity contribution in [3.8, 4) is 0 Å². The molecule has 1 aromatic rings. The van der Waals surface area contributed by atoms with Gasteiger partial charge in [0.2, 0.25) is 0 Å². The van der Waals surface area contributed by atoms with Gasteiger partial charge in [-0.1, -0.05) is 37.2 Å². The first-order chi connectivity index (χ1) is 8.66. The number of nitrogens with two attached hydrogens (primary N) is 1. The van der Waals surface area contributed by atoms with Gasteiger partial charge in [0.15, 0.2) is 0 Å². The maximum absolute atomic E-state index is 5.82. The number of ether oxygens (including phenoxy) is 1. The van der Waals surface area contributed by atoms with Gasteiger partial charge in [0.05, 0.1) is 6.61 Å². The molecule has 2 N–H and O–H groups in total. The average molecular weight is 263 g/mol. The molecule has 98 valence electrons. The van der Waals surface area contributed by atoms with Crippen LogP contribution in [-0.4, -0.2) is 11.6 Å². The summed E-state index contributed by atoms with van der Waals surface area (Å²) in [4.78, 5) is 0.455. The van der Waals surface area contributed by atoms with Crippen molar-refractivity contribution >= 4 is 17.2 Å². The van der Waals surface area contributed by atoms with Gasteiger partial charge in [-0.3, -0.25) is 0 Å². The third-order valence-corrected chi connectivity index (χ3v) is 3.95. The van der Waals surface area contributed by atoms with E-state index in [1.807, 2.05) is 12.1 Å². The second kappa shape index (κ2) is 6.30. The summed E-state index contributed by atoms with van der Waals surface area (Å²) in [5, 5.41) is 0. The molecule has 1 fully saturated rings. The van der Waals surface area contributed by atoms with E-state index in [4.69, 9.17) is 22.7 Å². The smallest absolute Gasteiger partial charge is 0.103 e. The van der Waals surface area contributed by atoms with E-state index < -0.39 is 0 Å². The normalized spacial score (nSPS) is 16.1. The van der Waals surface area contributed by atoms with Crippen molar-refractivity contribution in [2.75, 3.05) is 6.61 Å². The first-order valence-electron chi connectivity index (χ1n) is 6.64. The Morgan fingerprint density at radius 2 is 2.11 bits per heavy atom. The summed E-state index contributed by atoms with van der Waals surface area (Å²) in [6, 6.07) is 6.08. The third-order valence-electron chi connectivity index (χ3n) is 3.71. The molecule has 18 heavy (non-hydrogen) atoms. The predicted octanol–water partition coefficient (Wildman–Crippen LogP) is 3.34. The Balaban J connectivity index is 1.87. The van der Waals surface area contributed by atoms with Gasteiger partial charge in [-0.05, 0) is 42.9 Å². The van der Waals surface area contributed by atoms with Crippen LogP contribution < -0.4 is 5.73 Å². The van der Waals surface area contributed by atoms with Gasteiger partial charge < -0.3 is 10.5 Å². The van der Waals surface area contributed by atoms with E-state index in [-0.39, 0.29) is 0 Å². The second-order valence-corrected chi connectivity index (χ2v) is 5.61. The van der Waals surface area contributed by atoms with Crippen LogP contribution in [0.4, 0.5) is 0 Å². The van der Waals surface area contributed by atoms with Gasteiger partial charge in [0.25, 0.3) is 0 Å². The maximum Gasteiger partial charge on any atom is 0.103 e. The summed E-state index contributed by atoms with van der Waals surface area (Å²) in [6.45, 7) is 3.67. The Morgan fingerprint density at radius 1 is 1.39 bits per heavy atom. The molecule has 0 radical (unpaired) electrons. The lowest BCUT2D eigenvalue weighted by Gasteiger charge is -2.12. The molecule has 0 atom stereocenters. The summed E-state index contributed by atoms with van der Waals surface area (Å²) in [7, 11) is 0. The van der Waals surface area contributed by atoms with Gasteiger partial charge in [0, 0.05) is 12.2 Å². The molecule has 1 aromatic carbocycles. The van der Waals surface area contributed by atoms with Crippen molar-refractivity contribution in [1.29, 1.82) is 0 Å². The van der Waals surface area contributed by atoms with Crippen molar-refractivity contribution in [2.24, 2.45) is 11.7 Å². The molecule has 0 unspecified atom stereocenters. The van der Waals surface area contributed by atoms with Crippen LogP contribution >= 0.6 is 12.2 Å². The predicted molar refractivity (Wildman–Crippen MR) is 78.7 cm³/mol. The monoisotopic (exact) mass is 263 g/mol. The summed E-state index contributed by atoms with van der Waals surface area (Å²) >= 11 is 4.97. The van der Waals surface area contributed by atoms with Crippen molar-refractivity contribution in [3.05, 3.63) is 34.9 Å². The highest BCUT2D eigenvalue weighted by atomic mass is 32.1. The van der Waals surface area contributed by atoms with Gasteiger partial charge in [-0.2, -0.15) is 0 Å². The molecule has 2 nitrogen and oxygen atoms in total.